The summed E-state index contributed by atoms with van der Waals surface area (Å²) in [5.41, 5.74) is 6.31. The number of carbonyl (C=O) groups is 3. The molecule has 0 unspecified atom stereocenters. The van der Waals surface area contributed by atoms with E-state index in [1.165, 1.54) is 29.0 Å². The van der Waals surface area contributed by atoms with Crippen LogP contribution in [-0.2, 0) is 11.3 Å². The fourth-order valence-electron chi connectivity index (χ4n) is 3.91. The first-order chi connectivity index (χ1) is 15.8. The number of nitrogens with two attached hydrogens (primary N) is 1. The number of primary amides is 1. The number of fused-ring (bicyclic) bond motifs is 1. The Kier molecular flexibility index (Phi) is 6.19. The zero-order valence-electron chi connectivity index (χ0n) is 17.2. The molecule has 0 aliphatic carbocycles. The molecule has 1 aromatic heterocycles. The van der Waals surface area contributed by atoms with Gasteiger partial charge in [-0.1, -0.05) is 41.9 Å². The second kappa shape index (κ2) is 9.07. The van der Waals surface area contributed by atoms with Crippen LogP contribution < -0.4 is 16.4 Å². The van der Waals surface area contributed by atoms with Crippen LogP contribution in [0, 0.1) is 5.82 Å². The Hall–Kier alpha value is -3.66. The van der Waals surface area contributed by atoms with Crippen LogP contribution >= 0.6 is 11.6 Å². The van der Waals surface area contributed by atoms with Crippen molar-refractivity contribution in [3.8, 4) is 0 Å². The van der Waals surface area contributed by atoms with Crippen LogP contribution in [0.5, 0.6) is 0 Å². The van der Waals surface area contributed by atoms with Gasteiger partial charge in [-0.2, -0.15) is 0 Å². The lowest BCUT2D eigenvalue weighted by Crippen LogP contribution is -2.50. The largest absolute Gasteiger partial charge is 0.351 e. The highest BCUT2D eigenvalue weighted by Crippen LogP contribution is 2.28. The number of para-hydroxylation sites is 1. The fourth-order valence-corrected chi connectivity index (χ4v) is 4.10. The molecule has 3 aromatic rings. The number of nitrogens with zero attached hydrogens (tertiary/aromatic N) is 2. The molecule has 4 amide bonds. The number of nitrogens with one attached hydrogen (secondary N) is 2. The summed E-state index contributed by atoms with van der Waals surface area (Å²) in [4.78, 5) is 38.4. The van der Waals surface area contributed by atoms with Gasteiger partial charge in [-0.15, -0.1) is 0 Å². The van der Waals surface area contributed by atoms with Crippen molar-refractivity contribution in [2.45, 2.75) is 25.2 Å². The summed E-state index contributed by atoms with van der Waals surface area (Å²) < 4.78 is 29.8. The van der Waals surface area contributed by atoms with Crippen LogP contribution in [-0.4, -0.2) is 46.2 Å². The normalized spacial score (nSPS) is 17.8. The van der Waals surface area contributed by atoms with Gasteiger partial charge >= 0.3 is 12.1 Å². The van der Waals surface area contributed by atoms with Gasteiger partial charge in [0.1, 0.15) is 18.0 Å². The highest BCUT2D eigenvalue weighted by atomic mass is 35.5. The van der Waals surface area contributed by atoms with Gasteiger partial charge in [-0.05, 0) is 18.6 Å². The molecule has 0 radical (unpaired) electrons. The Balaban J connectivity index is 1.51. The number of urea groups is 1. The standard InChI is InChI=1S/C22H20ClF2N5O3/c23-14-6-3-4-12(18(14)25)10-27-20(31)19-15(24)8-9-29(19)22(33)28-16-11-30(21(26)32)17-7-2-1-5-13(16)17/h1-7,11,15,19H,8-10H2,(H2,26,32)(H,27,31)(H,28,33)/t15-,19-/m0/s1. The minimum atomic E-state index is -1.59. The van der Waals surface area contributed by atoms with Crippen molar-refractivity contribution in [1.82, 2.24) is 14.8 Å². The van der Waals surface area contributed by atoms with Gasteiger partial charge < -0.3 is 21.3 Å². The van der Waals surface area contributed by atoms with Crippen molar-refractivity contribution in [2.75, 3.05) is 11.9 Å². The first-order valence-corrected chi connectivity index (χ1v) is 10.5. The van der Waals surface area contributed by atoms with Crippen LogP contribution in [0.2, 0.25) is 5.02 Å². The van der Waals surface area contributed by atoms with Crippen molar-refractivity contribution in [2.24, 2.45) is 5.73 Å². The third kappa shape index (κ3) is 4.34. The van der Waals surface area contributed by atoms with Crippen LogP contribution in [0.15, 0.2) is 48.7 Å². The molecule has 2 heterocycles. The number of hydrogen-bond donors (Lipinski definition) is 3. The van der Waals surface area contributed by atoms with Gasteiger partial charge in [-0.25, -0.2) is 18.4 Å². The quantitative estimate of drug-likeness (QED) is 0.536. The molecule has 1 saturated heterocycles. The van der Waals surface area contributed by atoms with E-state index in [4.69, 9.17) is 17.3 Å². The predicted octanol–water partition coefficient (Wildman–Crippen LogP) is 3.62. The molecule has 33 heavy (non-hydrogen) atoms. The molecule has 1 fully saturated rings. The topological polar surface area (TPSA) is 109 Å². The molecule has 1 aliphatic heterocycles. The Bertz CT molecular complexity index is 1250. The summed E-state index contributed by atoms with van der Waals surface area (Å²) >= 11 is 5.74. The fraction of sp³-hybridized carbons (Fsp3) is 0.227. The van der Waals surface area contributed by atoms with E-state index >= 15 is 0 Å². The third-order valence-corrected chi connectivity index (χ3v) is 5.82. The number of halogens is 3. The molecule has 4 N–H and O–H groups in total. The van der Waals surface area contributed by atoms with E-state index in [0.717, 1.165) is 4.90 Å². The van der Waals surface area contributed by atoms with Crippen molar-refractivity contribution in [3.63, 3.8) is 0 Å². The van der Waals surface area contributed by atoms with Gasteiger partial charge in [0.15, 0.2) is 0 Å². The molecule has 8 nitrogen and oxygen atoms in total. The van der Waals surface area contributed by atoms with E-state index in [1.807, 2.05) is 0 Å². The van der Waals surface area contributed by atoms with Crippen LogP contribution in [0.3, 0.4) is 0 Å². The molecule has 1 aliphatic rings. The minimum Gasteiger partial charge on any atom is -0.351 e. The number of carbonyl (C=O) groups excluding carboxylic acids is 3. The lowest BCUT2D eigenvalue weighted by molar-refractivity contribution is -0.126. The summed E-state index contributed by atoms with van der Waals surface area (Å²) in [6, 6.07) is 8.30. The van der Waals surface area contributed by atoms with E-state index in [9.17, 15) is 23.2 Å². The SMILES string of the molecule is NC(=O)n1cc(NC(=O)N2CC[C@H](F)[C@H]2C(=O)NCc2cccc(Cl)c2F)c2ccccc21. The zero-order valence-corrected chi connectivity index (χ0v) is 18.0. The van der Waals surface area contributed by atoms with Crippen LogP contribution in [0.25, 0.3) is 10.9 Å². The predicted molar refractivity (Wildman–Crippen MR) is 119 cm³/mol. The van der Waals surface area contributed by atoms with E-state index in [-0.39, 0.29) is 35.8 Å². The maximum Gasteiger partial charge on any atom is 0.323 e. The van der Waals surface area contributed by atoms with Crippen molar-refractivity contribution < 1.29 is 23.2 Å². The van der Waals surface area contributed by atoms with Gasteiger partial charge in [0.2, 0.25) is 5.91 Å². The Morgan fingerprint density at radius 1 is 1.15 bits per heavy atom. The van der Waals surface area contributed by atoms with E-state index in [0.29, 0.717) is 10.9 Å². The first-order valence-electron chi connectivity index (χ1n) is 10.1. The number of amides is 4. The molecule has 0 spiro atoms. The molecule has 11 heteroatoms. The highest BCUT2D eigenvalue weighted by Gasteiger charge is 2.42. The van der Waals surface area contributed by atoms with E-state index < -0.39 is 36.0 Å². The summed E-state index contributed by atoms with van der Waals surface area (Å²) in [6.45, 7) is -0.207. The van der Waals surface area contributed by atoms with Crippen LogP contribution in [0.4, 0.5) is 24.1 Å². The third-order valence-electron chi connectivity index (χ3n) is 5.53. The Labute approximate surface area is 192 Å². The zero-order chi connectivity index (χ0) is 23.7. The maximum absolute atomic E-state index is 14.6. The molecule has 0 bridgehead atoms. The van der Waals surface area contributed by atoms with Crippen LogP contribution in [0.1, 0.15) is 12.0 Å². The lowest BCUT2D eigenvalue weighted by Gasteiger charge is -2.25. The summed E-state index contributed by atoms with van der Waals surface area (Å²) in [7, 11) is 0. The highest BCUT2D eigenvalue weighted by molar-refractivity contribution is 6.30. The molecular weight excluding hydrogens is 456 g/mol. The molecule has 4 rings (SSSR count). The number of rotatable bonds is 4. The molecular formula is C22H20ClF2N5O3. The average Bonchev–Trinajstić information content (AvgIpc) is 3.35. The number of likely N-dealkylation sites (tertiary alicyclic amines) is 1. The summed E-state index contributed by atoms with van der Waals surface area (Å²) in [6.07, 6.45) is -0.253. The smallest absolute Gasteiger partial charge is 0.323 e. The molecule has 2 atom stereocenters. The Morgan fingerprint density at radius 3 is 2.67 bits per heavy atom. The second-order valence-corrected chi connectivity index (χ2v) is 7.98. The van der Waals surface area contributed by atoms with Gasteiger partial charge in [0, 0.05) is 30.2 Å². The molecule has 2 aromatic carbocycles. The number of alkyl halides is 1. The number of anilines is 1. The second-order valence-electron chi connectivity index (χ2n) is 7.57. The molecule has 172 valence electrons. The van der Waals surface area contributed by atoms with Gasteiger partial charge in [-0.3, -0.25) is 9.36 Å². The first kappa shape index (κ1) is 22.5. The van der Waals surface area contributed by atoms with Crippen molar-refractivity contribution in [1.29, 1.82) is 0 Å². The van der Waals surface area contributed by atoms with E-state index in [2.05, 4.69) is 10.6 Å². The summed E-state index contributed by atoms with van der Waals surface area (Å²) in [5, 5.41) is 5.56. The average molecular weight is 476 g/mol. The Morgan fingerprint density at radius 2 is 1.91 bits per heavy atom. The number of hydrogen-bond acceptors (Lipinski definition) is 3. The van der Waals surface area contributed by atoms with E-state index in [1.54, 1.807) is 24.3 Å². The van der Waals surface area contributed by atoms with Gasteiger partial charge in [0.05, 0.1) is 16.2 Å². The number of benzene rings is 2. The lowest BCUT2D eigenvalue weighted by atomic mass is 10.1. The monoisotopic (exact) mass is 475 g/mol. The maximum atomic E-state index is 14.6. The van der Waals surface area contributed by atoms with Crippen molar-refractivity contribution in [3.05, 3.63) is 65.1 Å². The number of aromatic nitrogens is 1. The van der Waals surface area contributed by atoms with Gasteiger partial charge in [0.25, 0.3) is 0 Å². The minimum absolute atomic E-state index is 0.00503. The molecule has 0 saturated carbocycles. The summed E-state index contributed by atoms with van der Waals surface area (Å²) in [5.74, 6) is -1.43. The van der Waals surface area contributed by atoms with Crippen molar-refractivity contribution >= 4 is 46.2 Å².